The molecule has 1 aliphatic rings. The van der Waals surface area contributed by atoms with Crippen LogP contribution in [0.5, 0.6) is 0 Å². The second-order valence-corrected chi connectivity index (χ2v) is 6.96. The number of rotatable bonds is 12. The van der Waals surface area contributed by atoms with E-state index in [0.29, 0.717) is 12.0 Å². The average molecular weight is 431 g/mol. The van der Waals surface area contributed by atoms with Gasteiger partial charge >= 0.3 is 17.8 Å². The van der Waals surface area contributed by atoms with Crippen LogP contribution in [0.3, 0.4) is 0 Å². The van der Waals surface area contributed by atoms with Crippen molar-refractivity contribution in [3.8, 4) is 0 Å². The second-order valence-electron chi connectivity index (χ2n) is 6.96. The first-order valence-corrected chi connectivity index (χ1v) is 10.5. The smallest absolute Gasteiger partial charge is 0.341 e. The topological polar surface area (TPSA) is 94.5 Å². The highest BCUT2D eigenvalue weighted by atomic mass is 16.7. The molecule has 0 saturated heterocycles. The lowest BCUT2D eigenvalue weighted by atomic mass is 10.0. The van der Waals surface area contributed by atoms with Gasteiger partial charge in [0, 0.05) is 20.6 Å². The molecule has 1 aliphatic heterocycles. The summed E-state index contributed by atoms with van der Waals surface area (Å²) in [6, 6.07) is 9.02. The van der Waals surface area contributed by atoms with E-state index < -0.39 is 23.7 Å². The van der Waals surface area contributed by atoms with Gasteiger partial charge in [-0.25, -0.2) is 9.69 Å². The first kappa shape index (κ1) is 24.4. The molecule has 0 saturated carbocycles. The highest BCUT2D eigenvalue weighted by Crippen LogP contribution is 2.33. The monoisotopic (exact) mass is 430 g/mol. The molecule has 2 rings (SSSR count). The summed E-state index contributed by atoms with van der Waals surface area (Å²) in [5.74, 6) is -4.37. The fourth-order valence-corrected chi connectivity index (χ4v) is 3.42. The van der Waals surface area contributed by atoms with Crippen LogP contribution in [0.4, 0.5) is 0 Å². The molecule has 0 unspecified atom stereocenters. The van der Waals surface area contributed by atoms with Crippen LogP contribution in [0.25, 0.3) is 6.08 Å². The van der Waals surface area contributed by atoms with E-state index >= 15 is 0 Å². The predicted octanol–water partition coefficient (Wildman–Crippen LogP) is 3.32. The van der Waals surface area contributed by atoms with Crippen LogP contribution >= 0.6 is 0 Å². The number of unbranched alkanes of at least 4 members (excludes halogenated alkanes) is 3. The lowest BCUT2D eigenvalue weighted by molar-refractivity contribution is -0.243. The fraction of sp³-hybridized carbons (Fsp3) is 0.478. The maximum atomic E-state index is 12.9. The zero-order valence-corrected chi connectivity index (χ0v) is 18.6. The van der Waals surface area contributed by atoms with Gasteiger partial charge in [-0.2, -0.15) is 4.99 Å². The number of esters is 1. The van der Waals surface area contributed by atoms with E-state index in [2.05, 4.69) is 11.9 Å². The van der Waals surface area contributed by atoms with Crippen molar-refractivity contribution in [3.63, 3.8) is 0 Å². The zero-order valence-electron chi connectivity index (χ0n) is 18.6. The van der Waals surface area contributed by atoms with Gasteiger partial charge in [0.15, 0.2) is 0 Å². The summed E-state index contributed by atoms with van der Waals surface area (Å²) in [5, 5.41) is 0. The number of nitrogens with zero attached hydrogens (tertiary/aromatic N) is 2. The van der Waals surface area contributed by atoms with E-state index in [0.717, 1.165) is 30.6 Å². The van der Waals surface area contributed by atoms with E-state index in [9.17, 15) is 14.4 Å². The largest absolute Gasteiger partial charge is 0.462 e. The molecule has 0 atom stereocenters. The second kappa shape index (κ2) is 11.5. The molecule has 0 bridgehead atoms. The molecule has 8 nitrogen and oxygen atoms in total. The van der Waals surface area contributed by atoms with Gasteiger partial charge in [-0.15, -0.1) is 0 Å². The zero-order chi connectivity index (χ0) is 22.9. The molecule has 168 valence electrons. The number of ether oxygens (including phenoxy) is 3. The standard InChI is InChI=1S/C23H30N2O6/c1-5-7-8-12-15-19-24-20(26)21(27)25(19)23(29-3,30-4)18(22(28)31-6-2)16-17-13-10-9-11-14-17/h9-11,13-14,16H,5-8,12,15H2,1-4H3. The van der Waals surface area contributed by atoms with Crippen molar-refractivity contribution in [2.75, 3.05) is 20.8 Å². The Kier molecular flexibility index (Phi) is 9.08. The van der Waals surface area contributed by atoms with Gasteiger partial charge in [-0.1, -0.05) is 56.5 Å². The molecule has 1 heterocycles. The van der Waals surface area contributed by atoms with Crippen molar-refractivity contribution in [1.82, 2.24) is 4.90 Å². The maximum Gasteiger partial charge on any atom is 0.341 e. The van der Waals surface area contributed by atoms with Crippen LogP contribution in [0.2, 0.25) is 0 Å². The summed E-state index contributed by atoms with van der Waals surface area (Å²) in [6.07, 6.45) is 5.61. The number of amidine groups is 1. The lowest BCUT2D eigenvalue weighted by Crippen LogP contribution is -2.58. The fourth-order valence-electron chi connectivity index (χ4n) is 3.42. The molecule has 8 heteroatoms. The molecule has 1 aromatic rings. The van der Waals surface area contributed by atoms with Crippen molar-refractivity contribution in [2.45, 2.75) is 51.9 Å². The van der Waals surface area contributed by atoms with Gasteiger partial charge in [0.1, 0.15) is 11.4 Å². The van der Waals surface area contributed by atoms with Crippen LogP contribution in [0.1, 0.15) is 51.5 Å². The Morgan fingerprint density at radius 3 is 2.32 bits per heavy atom. The van der Waals surface area contributed by atoms with E-state index in [-0.39, 0.29) is 18.0 Å². The van der Waals surface area contributed by atoms with Crippen molar-refractivity contribution >= 4 is 29.7 Å². The number of hydrogen-bond donors (Lipinski definition) is 0. The first-order chi connectivity index (χ1) is 14.9. The van der Waals surface area contributed by atoms with E-state index in [1.54, 1.807) is 31.2 Å². The van der Waals surface area contributed by atoms with Crippen molar-refractivity contribution in [3.05, 3.63) is 41.5 Å². The van der Waals surface area contributed by atoms with E-state index in [1.807, 2.05) is 6.07 Å². The summed E-state index contributed by atoms with van der Waals surface area (Å²) in [6.45, 7) is 3.87. The Bertz CT molecular complexity index is 843. The first-order valence-electron chi connectivity index (χ1n) is 10.5. The Morgan fingerprint density at radius 1 is 1.06 bits per heavy atom. The van der Waals surface area contributed by atoms with Crippen LogP contribution in [0.15, 0.2) is 40.9 Å². The van der Waals surface area contributed by atoms with Crippen LogP contribution in [0, 0.1) is 0 Å². The Balaban J connectivity index is 2.55. The number of carbonyl (C=O) groups excluding carboxylic acids is 3. The summed E-state index contributed by atoms with van der Waals surface area (Å²) in [7, 11) is 2.60. The molecule has 31 heavy (non-hydrogen) atoms. The molecule has 2 amide bonds. The normalized spacial score (nSPS) is 14.8. The number of carbonyl (C=O) groups is 3. The van der Waals surface area contributed by atoms with E-state index in [4.69, 9.17) is 14.2 Å². The van der Waals surface area contributed by atoms with Crippen LogP contribution < -0.4 is 0 Å². The van der Waals surface area contributed by atoms with Crippen molar-refractivity contribution in [1.29, 1.82) is 0 Å². The molecule has 0 aromatic heterocycles. The van der Waals surface area contributed by atoms with Gasteiger partial charge < -0.3 is 14.2 Å². The predicted molar refractivity (Wildman–Crippen MR) is 116 cm³/mol. The van der Waals surface area contributed by atoms with Gasteiger partial charge in [0.25, 0.3) is 5.91 Å². The van der Waals surface area contributed by atoms with Gasteiger partial charge in [-0.3, -0.25) is 9.59 Å². The summed E-state index contributed by atoms with van der Waals surface area (Å²) in [4.78, 5) is 42.9. The van der Waals surface area contributed by atoms with Crippen molar-refractivity contribution in [2.24, 2.45) is 4.99 Å². The van der Waals surface area contributed by atoms with Gasteiger partial charge in [0.05, 0.1) is 6.61 Å². The molecular formula is C23H30N2O6. The Morgan fingerprint density at radius 2 is 1.74 bits per heavy atom. The summed E-state index contributed by atoms with van der Waals surface area (Å²) >= 11 is 0. The highest BCUT2D eigenvalue weighted by molar-refractivity contribution is 6.44. The minimum atomic E-state index is -2.01. The third kappa shape index (κ3) is 5.45. The number of benzene rings is 1. The van der Waals surface area contributed by atoms with Gasteiger partial charge in [-0.05, 0) is 25.0 Å². The third-order valence-corrected chi connectivity index (χ3v) is 4.92. The molecule has 0 aliphatic carbocycles. The third-order valence-electron chi connectivity index (χ3n) is 4.92. The highest BCUT2D eigenvalue weighted by Gasteiger charge is 2.54. The molecule has 1 aromatic carbocycles. The minimum Gasteiger partial charge on any atom is -0.462 e. The van der Waals surface area contributed by atoms with Crippen LogP contribution in [-0.2, 0) is 28.6 Å². The molecular weight excluding hydrogens is 400 g/mol. The quantitative estimate of drug-likeness (QED) is 0.166. The van der Waals surface area contributed by atoms with Crippen LogP contribution in [-0.4, -0.2) is 55.3 Å². The SMILES string of the molecule is CCCCCCC1=NC(=O)C(=O)N1C(OC)(OC)C(=Cc1ccccc1)C(=O)OCC. The van der Waals surface area contributed by atoms with Gasteiger partial charge in [0.2, 0.25) is 0 Å². The number of amides is 2. The minimum absolute atomic E-state index is 0.0742. The molecule has 0 radical (unpaired) electrons. The Hall–Kier alpha value is -2.84. The van der Waals surface area contributed by atoms with Crippen molar-refractivity contribution < 1.29 is 28.6 Å². The molecule has 0 N–H and O–H groups in total. The van der Waals surface area contributed by atoms with E-state index in [1.165, 1.54) is 20.3 Å². The Labute approximate surface area is 182 Å². The lowest BCUT2D eigenvalue weighted by Gasteiger charge is -2.39. The number of methoxy groups -OCH3 is 2. The average Bonchev–Trinajstić information content (AvgIpc) is 3.06. The summed E-state index contributed by atoms with van der Waals surface area (Å²) < 4.78 is 16.5. The molecule has 0 spiro atoms. The number of aliphatic imine (C=N–C) groups is 1. The maximum absolute atomic E-state index is 12.9. The number of hydrogen-bond acceptors (Lipinski definition) is 6. The summed E-state index contributed by atoms with van der Waals surface area (Å²) in [5.41, 5.74) is 0.596. The molecule has 0 fully saturated rings.